The summed E-state index contributed by atoms with van der Waals surface area (Å²) in [7, 11) is 0. The molecule has 18 heavy (non-hydrogen) atoms. The van der Waals surface area contributed by atoms with Gasteiger partial charge in [0, 0.05) is 16.4 Å². The molecular formula is C14H10F2OS. The van der Waals surface area contributed by atoms with Gasteiger partial charge in [-0.2, -0.15) is 0 Å². The van der Waals surface area contributed by atoms with Gasteiger partial charge in [-0.3, -0.25) is 4.79 Å². The number of hydrogen-bond donors (Lipinski definition) is 0. The van der Waals surface area contributed by atoms with Crippen molar-refractivity contribution in [3.05, 3.63) is 46.8 Å². The van der Waals surface area contributed by atoms with Crippen LogP contribution in [0.3, 0.4) is 0 Å². The molecule has 0 radical (unpaired) electrons. The summed E-state index contributed by atoms with van der Waals surface area (Å²) in [5.74, 6) is -1.45. The lowest BCUT2D eigenvalue weighted by Gasteiger charge is -2.00. The SMILES string of the molecule is O=C(c1ccc(-c2cccc(F)c2F)s1)C1CC1. The average molecular weight is 264 g/mol. The Bertz CT molecular complexity index is 614. The van der Waals surface area contributed by atoms with Gasteiger partial charge < -0.3 is 0 Å². The molecule has 3 rings (SSSR count). The fourth-order valence-corrected chi connectivity index (χ4v) is 2.90. The summed E-state index contributed by atoms with van der Waals surface area (Å²) in [4.78, 5) is 13.1. The van der Waals surface area contributed by atoms with E-state index >= 15 is 0 Å². The van der Waals surface area contributed by atoms with E-state index in [0.29, 0.717) is 9.75 Å². The lowest BCUT2D eigenvalue weighted by Crippen LogP contribution is -1.96. The Balaban J connectivity index is 1.97. The van der Waals surface area contributed by atoms with E-state index in [1.807, 2.05) is 0 Å². The Hall–Kier alpha value is -1.55. The predicted molar refractivity (Wildman–Crippen MR) is 66.7 cm³/mol. The Morgan fingerprint density at radius 3 is 2.67 bits per heavy atom. The second kappa shape index (κ2) is 4.28. The van der Waals surface area contributed by atoms with Crippen LogP contribution in [0.15, 0.2) is 30.3 Å². The van der Waals surface area contributed by atoms with Crippen molar-refractivity contribution >= 4 is 17.1 Å². The molecule has 0 saturated heterocycles. The first-order chi connectivity index (χ1) is 8.66. The molecule has 0 unspecified atom stereocenters. The number of rotatable bonds is 3. The second-order valence-electron chi connectivity index (χ2n) is 4.40. The third kappa shape index (κ3) is 1.97. The molecule has 1 nitrogen and oxygen atoms in total. The largest absolute Gasteiger partial charge is 0.293 e. The third-order valence-electron chi connectivity index (χ3n) is 3.01. The molecule has 0 amide bonds. The highest BCUT2D eigenvalue weighted by Crippen LogP contribution is 2.37. The smallest absolute Gasteiger partial charge is 0.175 e. The number of hydrogen-bond acceptors (Lipinski definition) is 2. The van der Waals surface area contributed by atoms with E-state index in [2.05, 4.69) is 0 Å². The van der Waals surface area contributed by atoms with Gasteiger partial charge in [0.05, 0.1) is 4.88 Å². The normalized spacial score (nSPS) is 14.8. The molecule has 92 valence electrons. The van der Waals surface area contributed by atoms with Gasteiger partial charge in [0.25, 0.3) is 0 Å². The van der Waals surface area contributed by atoms with Crippen molar-refractivity contribution in [1.29, 1.82) is 0 Å². The fraction of sp³-hybridized carbons (Fsp3) is 0.214. The Labute approximate surface area is 107 Å². The molecule has 4 heteroatoms. The summed E-state index contributed by atoms with van der Waals surface area (Å²) in [6.07, 6.45) is 1.89. The average Bonchev–Trinajstić information content (AvgIpc) is 3.10. The van der Waals surface area contributed by atoms with Gasteiger partial charge in [0.2, 0.25) is 0 Å². The molecule has 0 atom stereocenters. The number of benzene rings is 1. The number of carbonyl (C=O) groups is 1. The number of halogens is 2. The van der Waals surface area contributed by atoms with Crippen LogP contribution in [0.2, 0.25) is 0 Å². The minimum atomic E-state index is -0.865. The number of thiophene rings is 1. The molecule has 1 heterocycles. The topological polar surface area (TPSA) is 17.1 Å². The lowest BCUT2D eigenvalue weighted by molar-refractivity contribution is 0.0971. The quantitative estimate of drug-likeness (QED) is 0.756. The maximum Gasteiger partial charge on any atom is 0.175 e. The van der Waals surface area contributed by atoms with Gasteiger partial charge in [-0.05, 0) is 31.0 Å². The van der Waals surface area contributed by atoms with Crippen molar-refractivity contribution in [1.82, 2.24) is 0 Å². The molecule has 0 N–H and O–H groups in total. The Kier molecular flexibility index (Phi) is 2.74. The highest BCUT2D eigenvalue weighted by Gasteiger charge is 2.31. The molecule has 1 aliphatic carbocycles. The first-order valence-corrected chi connectivity index (χ1v) is 6.57. The van der Waals surface area contributed by atoms with Gasteiger partial charge in [0.1, 0.15) is 0 Å². The molecule has 0 aliphatic heterocycles. The zero-order chi connectivity index (χ0) is 12.7. The molecule has 1 aromatic heterocycles. The minimum absolute atomic E-state index is 0.128. The number of Topliss-reactive ketones (excluding diaryl/α,β-unsaturated/α-hetero) is 1. The summed E-state index contributed by atoms with van der Waals surface area (Å²) in [5, 5.41) is 0. The van der Waals surface area contributed by atoms with Gasteiger partial charge in [-0.15, -0.1) is 11.3 Å². The summed E-state index contributed by atoms with van der Waals surface area (Å²) >= 11 is 1.23. The van der Waals surface area contributed by atoms with Crippen LogP contribution >= 0.6 is 11.3 Å². The van der Waals surface area contributed by atoms with Crippen LogP contribution in [0.5, 0.6) is 0 Å². The predicted octanol–water partition coefficient (Wildman–Crippen LogP) is 4.29. The van der Waals surface area contributed by atoms with Gasteiger partial charge in [-0.25, -0.2) is 8.78 Å². The highest BCUT2D eigenvalue weighted by molar-refractivity contribution is 7.17. The molecule has 1 aliphatic rings. The Morgan fingerprint density at radius 2 is 1.94 bits per heavy atom. The van der Waals surface area contributed by atoms with E-state index in [-0.39, 0.29) is 17.3 Å². The van der Waals surface area contributed by atoms with Gasteiger partial charge in [-0.1, -0.05) is 12.1 Å². The van der Waals surface area contributed by atoms with Crippen molar-refractivity contribution in [2.45, 2.75) is 12.8 Å². The van der Waals surface area contributed by atoms with Crippen molar-refractivity contribution in [3.63, 3.8) is 0 Å². The van der Waals surface area contributed by atoms with Crippen LogP contribution in [0, 0.1) is 17.6 Å². The van der Waals surface area contributed by atoms with Crippen LogP contribution in [0.4, 0.5) is 8.78 Å². The van der Waals surface area contributed by atoms with Gasteiger partial charge >= 0.3 is 0 Å². The first kappa shape index (κ1) is 11.5. The van der Waals surface area contributed by atoms with Crippen LogP contribution in [0.1, 0.15) is 22.5 Å². The minimum Gasteiger partial charge on any atom is -0.293 e. The summed E-state index contributed by atoms with van der Waals surface area (Å²) in [6, 6.07) is 7.46. The Morgan fingerprint density at radius 1 is 1.17 bits per heavy atom. The van der Waals surface area contributed by atoms with Crippen molar-refractivity contribution in [2.75, 3.05) is 0 Å². The van der Waals surface area contributed by atoms with E-state index < -0.39 is 11.6 Å². The van der Waals surface area contributed by atoms with Crippen LogP contribution in [0.25, 0.3) is 10.4 Å². The van der Waals surface area contributed by atoms with E-state index in [1.54, 1.807) is 12.1 Å². The van der Waals surface area contributed by atoms with E-state index in [1.165, 1.54) is 23.5 Å². The second-order valence-corrected chi connectivity index (χ2v) is 5.49. The van der Waals surface area contributed by atoms with Gasteiger partial charge in [0.15, 0.2) is 17.4 Å². The molecule has 2 aromatic rings. The third-order valence-corrected chi connectivity index (χ3v) is 4.15. The highest BCUT2D eigenvalue weighted by atomic mass is 32.1. The summed E-state index contributed by atoms with van der Waals surface area (Å²) in [5.41, 5.74) is 0.217. The van der Waals surface area contributed by atoms with Crippen molar-refractivity contribution in [2.24, 2.45) is 5.92 Å². The molecular weight excluding hydrogens is 254 g/mol. The number of carbonyl (C=O) groups excluding carboxylic acids is 1. The fourth-order valence-electron chi connectivity index (χ4n) is 1.86. The molecule has 1 fully saturated rings. The van der Waals surface area contributed by atoms with Crippen molar-refractivity contribution in [3.8, 4) is 10.4 Å². The first-order valence-electron chi connectivity index (χ1n) is 5.75. The monoisotopic (exact) mass is 264 g/mol. The maximum atomic E-state index is 13.6. The molecule has 0 bridgehead atoms. The summed E-state index contributed by atoms with van der Waals surface area (Å²) in [6.45, 7) is 0. The summed E-state index contributed by atoms with van der Waals surface area (Å²) < 4.78 is 26.7. The van der Waals surface area contributed by atoms with Crippen molar-refractivity contribution < 1.29 is 13.6 Å². The van der Waals surface area contributed by atoms with E-state index in [0.717, 1.165) is 18.9 Å². The molecule has 1 aromatic carbocycles. The van der Waals surface area contributed by atoms with Crippen LogP contribution < -0.4 is 0 Å². The standard InChI is InChI=1S/C14H10F2OS/c15-10-3-1-2-9(13(10)16)11-6-7-12(18-11)14(17)8-4-5-8/h1-3,6-8H,4-5H2. The lowest BCUT2D eigenvalue weighted by atomic mass is 10.1. The van der Waals surface area contributed by atoms with E-state index in [4.69, 9.17) is 0 Å². The molecule has 1 saturated carbocycles. The van der Waals surface area contributed by atoms with Crippen LogP contribution in [-0.2, 0) is 0 Å². The molecule has 0 spiro atoms. The van der Waals surface area contributed by atoms with Crippen LogP contribution in [-0.4, -0.2) is 5.78 Å². The zero-order valence-corrected chi connectivity index (χ0v) is 10.3. The zero-order valence-electron chi connectivity index (χ0n) is 9.45. The maximum absolute atomic E-state index is 13.6. The van der Waals surface area contributed by atoms with E-state index in [9.17, 15) is 13.6 Å². The number of ketones is 1.